The summed E-state index contributed by atoms with van der Waals surface area (Å²) >= 11 is 6.37. The molecule has 1 fully saturated rings. The number of methoxy groups -OCH3 is 1. The van der Waals surface area contributed by atoms with E-state index in [1.54, 1.807) is 7.11 Å². The maximum absolute atomic E-state index is 6.37. The minimum absolute atomic E-state index is 0.0325. The topological polar surface area (TPSA) is 33.7 Å². The van der Waals surface area contributed by atoms with Crippen LogP contribution in [0.15, 0.2) is 72.8 Å². The van der Waals surface area contributed by atoms with E-state index in [1.807, 2.05) is 60.7 Å². The number of halogens is 1. The lowest BCUT2D eigenvalue weighted by Crippen LogP contribution is -2.45. The van der Waals surface area contributed by atoms with Crippen molar-refractivity contribution < 1.29 is 9.47 Å². The quantitative estimate of drug-likeness (QED) is 0.612. The molecule has 1 unspecified atom stereocenters. The number of nitrogens with zero attached hydrogens (tertiary/aromatic N) is 1. The minimum atomic E-state index is 0.0325. The summed E-state index contributed by atoms with van der Waals surface area (Å²) in [6, 6.07) is 24.0. The molecule has 0 bridgehead atoms. The smallest absolute Gasteiger partial charge is 0.127 e. The first-order chi connectivity index (χ1) is 14.2. The Hall–Kier alpha value is -2.53. The predicted molar refractivity (Wildman–Crippen MR) is 117 cm³/mol. The van der Waals surface area contributed by atoms with Gasteiger partial charge in [0.15, 0.2) is 0 Å². The summed E-state index contributed by atoms with van der Waals surface area (Å²) in [7, 11) is 1.70. The molecule has 5 heteroatoms. The van der Waals surface area contributed by atoms with E-state index >= 15 is 0 Å². The monoisotopic (exact) mass is 408 g/mol. The molecule has 1 aliphatic rings. The van der Waals surface area contributed by atoms with Crippen LogP contribution in [0.1, 0.15) is 17.2 Å². The molecule has 1 N–H and O–H groups in total. The molecule has 0 aromatic heterocycles. The van der Waals surface area contributed by atoms with E-state index in [0.717, 1.165) is 54.6 Å². The highest BCUT2D eigenvalue weighted by Crippen LogP contribution is 2.38. The second-order valence-corrected chi connectivity index (χ2v) is 7.50. The fourth-order valence-corrected chi connectivity index (χ4v) is 4.00. The number of hydrogen-bond donors (Lipinski definition) is 1. The van der Waals surface area contributed by atoms with Gasteiger partial charge in [-0.05, 0) is 48.0 Å². The molecule has 0 amide bonds. The fraction of sp³-hybridized carbons (Fsp3) is 0.250. The lowest BCUT2D eigenvalue weighted by Gasteiger charge is -2.36. The van der Waals surface area contributed by atoms with Crippen LogP contribution in [-0.2, 0) is 0 Å². The van der Waals surface area contributed by atoms with Gasteiger partial charge in [0.2, 0.25) is 0 Å². The van der Waals surface area contributed by atoms with Crippen LogP contribution in [0, 0.1) is 0 Å². The third-order valence-electron chi connectivity index (χ3n) is 5.16. The van der Waals surface area contributed by atoms with Gasteiger partial charge in [-0.15, -0.1) is 0 Å². The van der Waals surface area contributed by atoms with Gasteiger partial charge in [-0.3, -0.25) is 4.90 Å². The van der Waals surface area contributed by atoms with E-state index in [-0.39, 0.29) is 6.04 Å². The first kappa shape index (κ1) is 19.8. The third kappa shape index (κ3) is 4.73. The molecule has 1 heterocycles. The minimum Gasteiger partial charge on any atom is -0.496 e. The van der Waals surface area contributed by atoms with Crippen molar-refractivity contribution in [3.63, 3.8) is 0 Å². The van der Waals surface area contributed by atoms with Crippen LogP contribution in [0.25, 0.3) is 0 Å². The molecule has 1 atom stereocenters. The largest absolute Gasteiger partial charge is 0.496 e. The maximum Gasteiger partial charge on any atom is 0.127 e. The van der Waals surface area contributed by atoms with Crippen molar-refractivity contribution in [3.8, 4) is 17.2 Å². The van der Waals surface area contributed by atoms with E-state index in [4.69, 9.17) is 21.1 Å². The Labute approximate surface area is 177 Å². The van der Waals surface area contributed by atoms with Crippen molar-refractivity contribution in [2.45, 2.75) is 6.04 Å². The lowest BCUT2D eigenvalue weighted by atomic mass is 9.95. The van der Waals surface area contributed by atoms with Crippen molar-refractivity contribution in [1.82, 2.24) is 10.2 Å². The predicted octanol–water partition coefficient (Wildman–Crippen LogP) is 5.14. The van der Waals surface area contributed by atoms with Crippen molar-refractivity contribution in [2.75, 3.05) is 33.3 Å². The van der Waals surface area contributed by atoms with Crippen molar-refractivity contribution >= 4 is 11.6 Å². The molecule has 0 radical (unpaired) electrons. The Balaban J connectivity index is 1.74. The zero-order chi connectivity index (χ0) is 20.1. The zero-order valence-electron chi connectivity index (χ0n) is 16.5. The third-order valence-corrected chi connectivity index (χ3v) is 5.39. The van der Waals surface area contributed by atoms with E-state index < -0.39 is 0 Å². The van der Waals surface area contributed by atoms with E-state index in [1.165, 1.54) is 0 Å². The van der Waals surface area contributed by atoms with Gasteiger partial charge in [-0.1, -0.05) is 41.9 Å². The van der Waals surface area contributed by atoms with Crippen LogP contribution in [0.5, 0.6) is 17.2 Å². The Kier molecular flexibility index (Phi) is 6.35. The van der Waals surface area contributed by atoms with Gasteiger partial charge in [0.05, 0.1) is 13.2 Å². The van der Waals surface area contributed by atoms with Gasteiger partial charge in [-0.25, -0.2) is 0 Å². The van der Waals surface area contributed by atoms with E-state index in [2.05, 4.69) is 22.3 Å². The Morgan fingerprint density at radius 1 is 0.897 bits per heavy atom. The molecule has 0 aliphatic carbocycles. The SMILES string of the molecule is COc1ccc(Cl)cc1C(c1cccc(Oc2ccccc2)c1)N1CCNCC1. The Bertz CT molecular complexity index is 943. The van der Waals surface area contributed by atoms with Gasteiger partial charge in [0, 0.05) is 36.8 Å². The highest BCUT2D eigenvalue weighted by Gasteiger charge is 2.27. The number of hydrogen-bond acceptors (Lipinski definition) is 4. The highest BCUT2D eigenvalue weighted by molar-refractivity contribution is 6.30. The number of nitrogens with one attached hydrogen (secondary N) is 1. The summed E-state index contributed by atoms with van der Waals surface area (Å²) in [5.74, 6) is 2.48. The molecule has 3 aromatic carbocycles. The fourth-order valence-electron chi connectivity index (χ4n) is 3.82. The summed E-state index contributed by atoms with van der Waals surface area (Å²) in [5.41, 5.74) is 2.22. The van der Waals surface area contributed by atoms with Crippen LogP contribution in [0.2, 0.25) is 5.02 Å². The molecule has 0 saturated carbocycles. The second kappa shape index (κ2) is 9.31. The summed E-state index contributed by atoms with van der Waals surface area (Å²) in [4.78, 5) is 2.46. The summed E-state index contributed by atoms with van der Waals surface area (Å²) in [6.07, 6.45) is 0. The zero-order valence-corrected chi connectivity index (χ0v) is 17.2. The number of ether oxygens (including phenoxy) is 2. The van der Waals surface area contributed by atoms with Gasteiger partial charge in [-0.2, -0.15) is 0 Å². The molecule has 1 saturated heterocycles. The number of rotatable bonds is 6. The molecule has 0 spiro atoms. The summed E-state index contributed by atoms with van der Waals surface area (Å²) < 4.78 is 11.8. The van der Waals surface area contributed by atoms with Crippen LogP contribution in [0.4, 0.5) is 0 Å². The molecule has 29 heavy (non-hydrogen) atoms. The van der Waals surface area contributed by atoms with Gasteiger partial charge < -0.3 is 14.8 Å². The van der Waals surface area contributed by atoms with E-state index in [0.29, 0.717) is 5.02 Å². The van der Waals surface area contributed by atoms with Gasteiger partial charge in [0.1, 0.15) is 17.2 Å². The average molecular weight is 409 g/mol. The van der Waals surface area contributed by atoms with Crippen molar-refractivity contribution in [3.05, 3.63) is 88.9 Å². The van der Waals surface area contributed by atoms with Crippen molar-refractivity contribution in [1.29, 1.82) is 0 Å². The Morgan fingerprint density at radius 3 is 2.41 bits per heavy atom. The van der Waals surface area contributed by atoms with Crippen molar-refractivity contribution in [2.24, 2.45) is 0 Å². The van der Waals surface area contributed by atoms with E-state index in [9.17, 15) is 0 Å². The van der Waals surface area contributed by atoms with Crippen LogP contribution >= 0.6 is 11.6 Å². The lowest BCUT2D eigenvalue weighted by molar-refractivity contribution is 0.195. The second-order valence-electron chi connectivity index (χ2n) is 7.06. The number of para-hydroxylation sites is 1. The number of benzene rings is 3. The molecule has 3 aromatic rings. The number of piperazine rings is 1. The molecule has 150 valence electrons. The molecule has 4 rings (SSSR count). The first-order valence-electron chi connectivity index (χ1n) is 9.85. The van der Waals surface area contributed by atoms with Crippen LogP contribution < -0.4 is 14.8 Å². The van der Waals surface area contributed by atoms with Gasteiger partial charge in [0.25, 0.3) is 0 Å². The maximum atomic E-state index is 6.37. The van der Waals surface area contributed by atoms with Gasteiger partial charge >= 0.3 is 0 Å². The molecule has 1 aliphatic heterocycles. The molecular weight excluding hydrogens is 384 g/mol. The normalized spacial score (nSPS) is 15.7. The summed E-state index contributed by atoms with van der Waals surface area (Å²) in [6.45, 7) is 3.81. The van der Waals surface area contributed by atoms with Crippen LogP contribution in [0.3, 0.4) is 0 Å². The highest BCUT2D eigenvalue weighted by atomic mass is 35.5. The molecule has 4 nitrogen and oxygen atoms in total. The molecular formula is C24H25ClN2O2. The Morgan fingerprint density at radius 2 is 1.66 bits per heavy atom. The average Bonchev–Trinajstić information content (AvgIpc) is 2.76. The van der Waals surface area contributed by atoms with Crippen LogP contribution in [-0.4, -0.2) is 38.2 Å². The first-order valence-corrected chi connectivity index (χ1v) is 10.2. The standard InChI is InChI=1S/C24H25ClN2O2/c1-28-23-11-10-19(25)17-22(23)24(27-14-12-26-13-15-27)18-6-5-9-21(16-18)29-20-7-3-2-4-8-20/h2-11,16-17,24,26H,12-15H2,1H3. The summed E-state index contributed by atoms with van der Waals surface area (Å²) in [5, 5.41) is 4.14.